The van der Waals surface area contributed by atoms with Gasteiger partial charge < -0.3 is 10.0 Å². The fourth-order valence-electron chi connectivity index (χ4n) is 3.18. The molecule has 2 fully saturated rings. The lowest BCUT2D eigenvalue weighted by Gasteiger charge is -2.16. The molecule has 1 amide bonds. The van der Waals surface area contributed by atoms with Gasteiger partial charge in [0.25, 0.3) is 0 Å². The minimum atomic E-state index is -0.800. The minimum Gasteiger partial charge on any atom is -0.481 e. The van der Waals surface area contributed by atoms with Crippen LogP contribution in [-0.4, -0.2) is 28.4 Å². The Morgan fingerprint density at radius 1 is 1.32 bits per heavy atom. The molecular weight excluding hydrogens is 242 g/mol. The van der Waals surface area contributed by atoms with Gasteiger partial charge in [-0.3, -0.25) is 9.59 Å². The van der Waals surface area contributed by atoms with Crippen LogP contribution < -0.4 is 0 Å². The van der Waals surface area contributed by atoms with Crippen molar-refractivity contribution in [2.45, 2.75) is 25.8 Å². The first kappa shape index (κ1) is 12.2. The van der Waals surface area contributed by atoms with Crippen LogP contribution in [0.3, 0.4) is 0 Å². The van der Waals surface area contributed by atoms with E-state index in [2.05, 4.69) is 0 Å². The molecule has 4 nitrogen and oxygen atoms in total. The number of aliphatic carboxylic acids is 1. The second-order valence-corrected chi connectivity index (χ2v) is 5.62. The van der Waals surface area contributed by atoms with E-state index in [9.17, 15) is 9.59 Å². The van der Waals surface area contributed by atoms with Gasteiger partial charge in [0.05, 0.1) is 11.8 Å². The first-order valence-electron chi connectivity index (χ1n) is 6.67. The number of carboxylic acids is 1. The SMILES string of the molecule is O=C(O)CC1CN(Cc2ccccc2)C(=O)C12CC2. The van der Waals surface area contributed by atoms with Gasteiger partial charge in [0, 0.05) is 19.0 Å². The van der Waals surface area contributed by atoms with Gasteiger partial charge in [-0.25, -0.2) is 0 Å². The largest absolute Gasteiger partial charge is 0.481 e. The topological polar surface area (TPSA) is 57.6 Å². The Morgan fingerprint density at radius 3 is 2.58 bits per heavy atom. The van der Waals surface area contributed by atoms with Crippen molar-refractivity contribution in [3.63, 3.8) is 0 Å². The zero-order chi connectivity index (χ0) is 13.5. The van der Waals surface area contributed by atoms with Crippen LogP contribution in [0, 0.1) is 11.3 Å². The predicted molar refractivity (Wildman–Crippen MR) is 69.3 cm³/mol. The molecule has 19 heavy (non-hydrogen) atoms. The first-order chi connectivity index (χ1) is 9.12. The Balaban J connectivity index is 1.74. The van der Waals surface area contributed by atoms with Crippen LogP contribution in [0.5, 0.6) is 0 Å². The van der Waals surface area contributed by atoms with E-state index in [0.29, 0.717) is 13.1 Å². The summed E-state index contributed by atoms with van der Waals surface area (Å²) >= 11 is 0. The molecule has 3 rings (SSSR count). The van der Waals surface area contributed by atoms with Crippen molar-refractivity contribution in [1.82, 2.24) is 4.90 Å². The van der Waals surface area contributed by atoms with Gasteiger partial charge in [0.15, 0.2) is 0 Å². The molecule has 0 aromatic heterocycles. The maximum absolute atomic E-state index is 12.4. The van der Waals surface area contributed by atoms with E-state index in [4.69, 9.17) is 5.11 Å². The molecule has 1 aromatic rings. The van der Waals surface area contributed by atoms with E-state index in [0.717, 1.165) is 18.4 Å². The zero-order valence-electron chi connectivity index (χ0n) is 10.7. The van der Waals surface area contributed by atoms with E-state index >= 15 is 0 Å². The van der Waals surface area contributed by atoms with Crippen LogP contribution >= 0.6 is 0 Å². The molecule has 4 heteroatoms. The lowest BCUT2D eigenvalue weighted by molar-refractivity contribution is -0.138. The van der Waals surface area contributed by atoms with Crippen molar-refractivity contribution in [3.8, 4) is 0 Å². The van der Waals surface area contributed by atoms with Gasteiger partial charge in [-0.1, -0.05) is 30.3 Å². The Kier molecular flexibility index (Phi) is 2.81. The molecular formula is C15H17NO3. The number of amides is 1. The van der Waals surface area contributed by atoms with E-state index in [1.54, 1.807) is 0 Å². The molecule has 1 unspecified atom stereocenters. The lowest BCUT2D eigenvalue weighted by Crippen LogP contribution is -2.27. The number of benzene rings is 1. The van der Waals surface area contributed by atoms with Gasteiger partial charge in [-0.2, -0.15) is 0 Å². The number of hydrogen-bond donors (Lipinski definition) is 1. The molecule has 1 spiro atoms. The van der Waals surface area contributed by atoms with Crippen LogP contribution in [0.25, 0.3) is 0 Å². The highest BCUT2D eigenvalue weighted by atomic mass is 16.4. The molecule has 1 aromatic carbocycles. The van der Waals surface area contributed by atoms with E-state index in [1.807, 2.05) is 35.2 Å². The molecule has 1 saturated carbocycles. The normalized spacial score (nSPS) is 23.9. The molecule has 1 N–H and O–H groups in total. The third-order valence-corrected chi connectivity index (χ3v) is 4.36. The standard InChI is InChI=1S/C15H17NO3/c17-13(18)8-12-10-16(14(19)15(12)6-7-15)9-11-4-2-1-3-5-11/h1-5,12H,6-10H2,(H,17,18). The predicted octanol–water partition coefficient (Wildman–Crippen LogP) is 1.90. The first-order valence-corrected chi connectivity index (χ1v) is 6.67. The molecule has 1 atom stereocenters. The van der Waals surface area contributed by atoms with Crippen molar-refractivity contribution >= 4 is 11.9 Å². The molecule has 1 aliphatic carbocycles. The number of carbonyl (C=O) groups is 2. The summed E-state index contributed by atoms with van der Waals surface area (Å²) in [5.41, 5.74) is 0.760. The summed E-state index contributed by atoms with van der Waals surface area (Å²) in [6.45, 7) is 1.18. The Labute approximate surface area is 112 Å². The minimum absolute atomic E-state index is 0.0128. The fraction of sp³-hybridized carbons (Fsp3) is 0.467. The average molecular weight is 259 g/mol. The molecule has 1 heterocycles. The van der Waals surface area contributed by atoms with Crippen LogP contribution in [0.4, 0.5) is 0 Å². The van der Waals surface area contributed by atoms with Crippen molar-refractivity contribution in [2.75, 3.05) is 6.54 Å². The maximum Gasteiger partial charge on any atom is 0.303 e. The van der Waals surface area contributed by atoms with Crippen molar-refractivity contribution in [1.29, 1.82) is 0 Å². The highest BCUT2D eigenvalue weighted by Gasteiger charge is 2.61. The summed E-state index contributed by atoms with van der Waals surface area (Å²) < 4.78 is 0. The number of carbonyl (C=O) groups excluding carboxylic acids is 1. The van der Waals surface area contributed by atoms with Crippen LogP contribution in [-0.2, 0) is 16.1 Å². The molecule has 2 aliphatic rings. The van der Waals surface area contributed by atoms with Crippen molar-refractivity contribution in [3.05, 3.63) is 35.9 Å². The second kappa shape index (κ2) is 4.37. The lowest BCUT2D eigenvalue weighted by atomic mass is 9.89. The Morgan fingerprint density at radius 2 is 2.00 bits per heavy atom. The van der Waals surface area contributed by atoms with Crippen LogP contribution in [0.15, 0.2) is 30.3 Å². The smallest absolute Gasteiger partial charge is 0.303 e. The summed E-state index contributed by atoms with van der Waals surface area (Å²) in [5, 5.41) is 8.97. The van der Waals surface area contributed by atoms with E-state index in [1.165, 1.54) is 0 Å². The summed E-state index contributed by atoms with van der Waals surface area (Å²) in [5.74, 6) is -0.658. The maximum atomic E-state index is 12.4. The van der Waals surface area contributed by atoms with Gasteiger partial charge >= 0.3 is 5.97 Å². The van der Waals surface area contributed by atoms with Gasteiger partial charge in [0.2, 0.25) is 5.91 Å². The molecule has 100 valence electrons. The second-order valence-electron chi connectivity index (χ2n) is 5.62. The van der Waals surface area contributed by atoms with Gasteiger partial charge in [-0.15, -0.1) is 0 Å². The van der Waals surface area contributed by atoms with Gasteiger partial charge in [0.1, 0.15) is 0 Å². The Bertz CT molecular complexity index is 507. The van der Waals surface area contributed by atoms with Gasteiger partial charge in [-0.05, 0) is 18.4 Å². The quantitative estimate of drug-likeness (QED) is 0.898. The third kappa shape index (κ3) is 2.11. The molecule has 0 bridgehead atoms. The van der Waals surface area contributed by atoms with Crippen molar-refractivity contribution in [2.24, 2.45) is 11.3 Å². The average Bonchev–Trinajstić information content (AvgIpc) is 3.14. The summed E-state index contributed by atoms with van der Waals surface area (Å²) in [6.07, 6.45) is 1.82. The molecule has 0 radical (unpaired) electrons. The Hall–Kier alpha value is -1.84. The number of rotatable bonds is 4. The number of likely N-dealkylation sites (tertiary alicyclic amines) is 1. The van der Waals surface area contributed by atoms with Crippen LogP contribution in [0.1, 0.15) is 24.8 Å². The van der Waals surface area contributed by atoms with E-state index in [-0.39, 0.29) is 23.7 Å². The monoisotopic (exact) mass is 259 g/mol. The number of carboxylic acid groups (broad SMARTS) is 1. The van der Waals surface area contributed by atoms with Crippen molar-refractivity contribution < 1.29 is 14.7 Å². The highest BCUT2D eigenvalue weighted by molar-refractivity contribution is 5.89. The van der Waals surface area contributed by atoms with E-state index < -0.39 is 5.97 Å². The van der Waals surface area contributed by atoms with Crippen LogP contribution in [0.2, 0.25) is 0 Å². The number of hydrogen-bond acceptors (Lipinski definition) is 2. The highest BCUT2D eigenvalue weighted by Crippen LogP contribution is 2.58. The molecule has 1 aliphatic heterocycles. The fourth-order valence-corrected chi connectivity index (χ4v) is 3.18. The summed E-state index contributed by atoms with van der Waals surface area (Å²) in [4.78, 5) is 25.2. The zero-order valence-corrected chi connectivity index (χ0v) is 10.7. The molecule has 1 saturated heterocycles. The number of nitrogens with zero attached hydrogens (tertiary/aromatic N) is 1. The third-order valence-electron chi connectivity index (χ3n) is 4.36. The summed E-state index contributed by atoms with van der Waals surface area (Å²) in [6, 6.07) is 9.86. The summed E-state index contributed by atoms with van der Waals surface area (Å²) in [7, 11) is 0.